The summed E-state index contributed by atoms with van der Waals surface area (Å²) in [5, 5.41) is 3.96. The third-order valence-electron chi connectivity index (χ3n) is 3.40. The fourth-order valence-electron chi connectivity index (χ4n) is 2.52. The van der Waals surface area contributed by atoms with Crippen LogP contribution in [-0.4, -0.2) is 24.7 Å². The van der Waals surface area contributed by atoms with Crippen LogP contribution in [0.4, 0.5) is 0 Å². The van der Waals surface area contributed by atoms with Crippen LogP contribution in [0.5, 0.6) is 0 Å². The number of carbonyl (C=O) groups excluding carboxylic acids is 1. The maximum absolute atomic E-state index is 12.3. The van der Waals surface area contributed by atoms with Crippen molar-refractivity contribution in [1.29, 1.82) is 0 Å². The number of fused-ring (bicyclic) bond motifs is 1. The molecule has 0 saturated heterocycles. The lowest BCUT2D eigenvalue weighted by molar-refractivity contribution is -0.150. The zero-order valence-corrected chi connectivity index (χ0v) is 11.8. The quantitative estimate of drug-likeness (QED) is 0.665. The van der Waals surface area contributed by atoms with Gasteiger partial charge in [-0.2, -0.15) is 0 Å². The zero-order valence-electron chi connectivity index (χ0n) is 11.0. The highest BCUT2D eigenvalue weighted by molar-refractivity contribution is 6.30. The highest BCUT2D eigenvalue weighted by Gasteiger charge is 2.44. The van der Waals surface area contributed by atoms with Crippen molar-refractivity contribution in [2.24, 2.45) is 0 Å². The van der Waals surface area contributed by atoms with Crippen molar-refractivity contribution >= 4 is 17.6 Å². The van der Waals surface area contributed by atoms with E-state index in [4.69, 9.17) is 16.3 Å². The molecule has 0 radical (unpaired) electrons. The smallest absolute Gasteiger partial charge is 0.327 e. The van der Waals surface area contributed by atoms with Gasteiger partial charge in [0.15, 0.2) is 0 Å². The number of nitrogens with one attached hydrogen (secondary N) is 1. The molecule has 0 heterocycles. The maximum atomic E-state index is 12.3. The predicted molar refractivity (Wildman–Crippen MR) is 76.4 cm³/mol. The van der Waals surface area contributed by atoms with Gasteiger partial charge >= 0.3 is 5.97 Å². The lowest BCUT2D eigenvalue weighted by atomic mass is 9.95. The van der Waals surface area contributed by atoms with Crippen LogP contribution >= 0.6 is 11.6 Å². The molecule has 1 aliphatic rings. The number of hydrogen-bond acceptors (Lipinski definition) is 3. The summed E-state index contributed by atoms with van der Waals surface area (Å²) < 4.78 is 5.22. The summed E-state index contributed by atoms with van der Waals surface area (Å²) in [6, 6.07) is 5.76. The first-order valence-corrected chi connectivity index (χ1v) is 6.79. The number of halogens is 1. The summed E-state index contributed by atoms with van der Waals surface area (Å²) in [5.74, 6) is -0.204. The Morgan fingerprint density at radius 1 is 1.53 bits per heavy atom. The average molecular weight is 280 g/mol. The van der Waals surface area contributed by atoms with Gasteiger partial charge in [0.05, 0.1) is 6.61 Å². The van der Waals surface area contributed by atoms with E-state index in [1.165, 1.54) is 0 Å². The van der Waals surface area contributed by atoms with Gasteiger partial charge in [0.1, 0.15) is 5.54 Å². The fourth-order valence-corrected chi connectivity index (χ4v) is 2.72. The third kappa shape index (κ3) is 2.82. The molecule has 3 nitrogen and oxygen atoms in total. The van der Waals surface area contributed by atoms with Crippen molar-refractivity contribution in [3.63, 3.8) is 0 Å². The van der Waals surface area contributed by atoms with E-state index in [1.807, 2.05) is 25.1 Å². The molecule has 1 aliphatic carbocycles. The van der Waals surface area contributed by atoms with E-state index in [9.17, 15) is 4.79 Å². The van der Waals surface area contributed by atoms with Crippen molar-refractivity contribution < 1.29 is 9.53 Å². The Balaban J connectivity index is 2.27. The summed E-state index contributed by atoms with van der Waals surface area (Å²) in [6.45, 7) is 6.46. The average Bonchev–Trinajstić information content (AvgIpc) is 2.75. The number of esters is 1. The molecule has 1 atom stereocenters. The zero-order chi connectivity index (χ0) is 13.9. The highest BCUT2D eigenvalue weighted by atomic mass is 35.5. The van der Waals surface area contributed by atoms with Crippen molar-refractivity contribution in [3.05, 3.63) is 47.0 Å². The van der Waals surface area contributed by atoms with Crippen molar-refractivity contribution in [3.8, 4) is 0 Å². The first kappa shape index (κ1) is 14.1. The molecule has 4 heteroatoms. The number of benzene rings is 1. The lowest BCUT2D eigenvalue weighted by Crippen LogP contribution is -2.54. The third-order valence-corrected chi connectivity index (χ3v) is 3.64. The molecule has 1 N–H and O–H groups in total. The van der Waals surface area contributed by atoms with Crippen LogP contribution in [0.1, 0.15) is 18.1 Å². The second-order valence-electron chi connectivity index (χ2n) is 4.74. The van der Waals surface area contributed by atoms with Gasteiger partial charge in [0.25, 0.3) is 0 Å². The normalized spacial score (nSPS) is 20.9. The lowest BCUT2D eigenvalue weighted by Gasteiger charge is -2.27. The largest absolute Gasteiger partial charge is 0.465 e. The van der Waals surface area contributed by atoms with Gasteiger partial charge in [-0.15, -0.1) is 6.58 Å². The Morgan fingerprint density at radius 3 is 2.95 bits per heavy atom. The molecule has 2 rings (SSSR count). The summed E-state index contributed by atoms with van der Waals surface area (Å²) in [6.07, 6.45) is 2.98. The summed E-state index contributed by atoms with van der Waals surface area (Å²) in [7, 11) is 0. The van der Waals surface area contributed by atoms with Gasteiger partial charge in [0, 0.05) is 24.4 Å². The van der Waals surface area contributed by atoms with Crippen molar-refractivity contribution in [1.82, 2.24) is 5.32 Å². The molecule has 0 fully saturated rings. The molecule has 0 saturated carbocycles. The van der Waals surface area contributed by atoms with E-state index >= 15 is 0 Å². The standard InChI is InChI=1S/C15H18ClNO2/c1-3-7-17-15(14(18)19-4-2)9-11-5-6-13(16)8-12(11)10-15/h3,5-6,8,17H,1,4,7,9-10H2,2H3. The SMILES string of the molecule is C=CCNC1(C(=O)OCC)Cc2ccc(Cl)cc2C1. The van der Waals surface area contributed by atoms with Gasteiger partial charge in [0.2, 0.25) is 0 Å². The minimum absolute atomic E-state index is 0.204. The molecule has 0 aromatic heterocycles. The molecule has 1 unspecified atom stereocenters. The van der Waals surface area contributed by atoms with Crippen LogP contribution in [0.25, 0.3) is 0 Å². The topological polar surface area (TPSA) is 38.3 Å². The minimum Gasteiger partial charge on any atom is -0.465 e. The van der Waals surface area contributed by atoms with E-state index in [0.717, 1.165) is 11.1 Å². The van der Waals surface area contributed by atoms with Gasteiger partial charge in [-0.3, -0.25) is 10.1 Å². The van der Waals surface area contributed by atoms with Crippen LogP contribution in [0.3, 0.4) is 0 Å². The van der Waals surface area contributed by atoms with E-state index in [2.05, 4.69) is 11.9 Å². The van der Waals surface area contributed by atoms with Gasteiger partial charge in [-0.25, -0.2) is 0 Å². The molecular formula is C15H18ClNO2. The Labute approximate surface area is 118 Å². The molecule has 1 aromatic rings. The molecular weight excluding hydrogens is 262 g/mol. The fraction of sp³-hybridized carbons (Fsp3) is 0.400. The Morgan fingerprint density at radius 2 is 2.26 bits per heavy atom. The number of ether oxygens (including phenoxy) is 1. The monoisotopic (exact) mass is 279 g/mol. The summed E-state index contributed by atoms with van der Waals surface area (Å²) >= 11 is 6.01. The van der Waals surface area contributed by atoms with E-state index in [1.54, 1.807) is 6.08 Å². The Kier molecular flexibility index (Phi) is 4.27. The van der Waals surface area contributed by atoms with E-state index < -0.39 is 5.54 Å². The summed E-state index contributed by atoms with van der Waals surface area (Å²) in [5.41, 5.74) is 1.57. The van der Waals surface area contributed by atoms with Crippen molar-refractivity contribution in [2.75, 3.05) is 13.2 Å². The summed E-state index contributed by atoms with van der Waals surface area (Å²) in [4.78, 5) is 12.3. The van der Waals surface area contributed by atoms with Crippen LogP contribution in [-0.2, 0) is 22.4 Å². The van der Waals surface area contributed by atoms with Crippen LogP contribution in [0.2, 0.25) is 5.02 Å². The number of carbonyl (C=O) groups is 1. The maximum Gasteiger partial charge on any atom is 0.327 e. The Hall–Kier alpha value is -1.32. The van der Waals surface area contributed by atoms with Gasteiger partial charge in [-0.05, 0) is 30.2 Å². The van der Waals surface area contributed by atoms with Gasteiger partial charge < -0.3 is 4.74 Å². The number of rotatable bonds is 5. The molecule has 1 aromatic carbocycles. The minimum atomic E-state index is -0.683. The molecule has 19 heavy (non-hydrogen) atoms. The van der Waals surface area contributed by atoms with Crippen LogP contribution in [0, 0.1) is 0 Å². The predicted octanol–water partition coefficient (Wildman–Crippen LogP) is 2.52. The molecule has 0 amide bonds. The molecule has 0 spiro atoms. The van der Waals surface area contributed by atoms with Gasteiger partial charge in [-0.1, -0.05) is 23.7 Å². The second-order valence-corrected chi connectivity index (χ2v) is 5.18. The first-order chi connectivity index (χ1) is 9.11. The molecule has 0 aliphatic heterocycles. The molecule has 0 bridgehead atoms. The second kappa shape index (κ2) is 5.76. The van der Waals surface area contributed by atoms with E-state index in [-0.39, 0.29) is 5.97 Å². The van der Waals surface area contributed by atoms with Crippen LogP contribution in [0.15, 0.2) is 30.9 Å². The highest BCUT2D eigenvalue weighted by Crippen LogP contribution is 2.33. The van der Waals surface area contributed by atoms with Crippen LogP contribution < -0.4 is 5.32 Å². The molecule has 102 valence electrons. The number of hydrogen-bond donors (Lipinski definition) is 1. The van der Waals surface area contributed by atoms with E-state index in [0.29, 0.717) is 31.0 Å². The Bertz CT molecular complexity index is 501. The first-order valence-electron chi connectivity index (χ1n) is 6.42. The van der Waals surface area contributed by atoms with Crippen molar-refractivity contribution in [2.45, 2.75) is 25.3 Å².